The predicted molar refractivity (Wildman–Crippen MR) is 141 cm³/mol. The molecule has 0 bridgehead atoms. The first-order valence-corrected chi connectivity index (χ1v) is 12.7. The number of aryl methyl sites for hydroxylation is 1. The van der Waals surface area contributed by atoms with Crippen LogP contribution in [-0.4, -0.2) is 36.4 Å². The Morgan fingerprint density at radius 1 is 1.03 bits per heavy atom. The van der Waals surface area contributed by atoms with Gasteiger partial charge in [-0.1, -0.05) is 30.3 Å². The summed E-state index contributed by atoms with van der Waals surface area (Å²) >= 11 is 0. The number of anilines is 1. The van der Waals surface area contributed by atoms with Gasteiger partial charge in [-0.15, -0.1) is 0 Å². The van der Waals surface area contributed by atoms with Gasteiger partial charge in [0.15, 0.2) is 5.82 Å². The van der Waals surface area contributed by atoms with Crippen molar-refractivity contribution in [1.29, 1.82) is 0 Å². The van der Waals surface area contributed by atoms with Crippen LogP contribution >= 0.6 is 0 Å². The fraction of sp³-hybridized carbons (Fsp3) is 0.517. The molecule has 3 rings (SSSR count). The van der Waals surface area contributed by atoms with Crippen LogP contribution in [0.1, 0.15) is 64.7 Å². The van der Waals surface area contributed by atoms with E-state index < -0.39 is 29.1 Å². The van der Waals surface area contributed by atoms with Crippen molar-refractivity contribution in [2.75, 3.05) is 18.4 Å². The van der Waals surface area contributed by atoms with E-state index in [9.17, 15) is 9.59 Å². The molecule has 0 radical (unpaired) electrons. The SMILES string of the molecule is CC(C)(C)OC(=O)CNc1c(OCc2ccccc2)cc2c(c1F)CC(CNC(=O)OC(C)(C)C)CC2. The minimum atomic E-state index is -0.645. The lowest BCUT2D eigenvalue weighted by Gasteiger charge is -2.28. The summed E-state index contributed by atoms with van der Waals surface area (Å²) in [6.45, 7) is 11.2. The number of carbonyl (C=O) groups excluding carboxylic acids is 2. The Morgan fingerprint density at radius 3 is 2.35 bits per heavy atom. The Labute approximate surface area is 219 Å². The first-order valence-electron chi connectivity index (χ1n) is 12.7. The van der Waals surface area contributed by atoms with Gasteiger partial charge in [0.05, 0.1) is 0 Å². The van der Waals surface area contributed by atoms with E-state index in [-0.39, 0.29) is 24.8 Å². The lowest BCUT2D eigenvalue weighted by atomic mass is 9.83. The molecule has 0 heterocycles. The summed E-state index contributed by atoms with van der Waals surface area (Å²) in [5.41, 5.74) is 1.31. The average molecular weight is 515 g/mol. The van der Waals surface area contributed by atoms with Gasteiger partial charge in [0.2, 0.25) is 0 Å². The molecule has 37 heavy (non-hydrogen) atoms. The number of benzene rings is 2. The van der Waals surface area contributed by atoms with Crippen molar-refractivity contribution in [2.24, 2.45) is 5.92 Å². The number of carbonyl (C=O) groups is 2. The zero-order valence-corrected chi connectivity index (χ0v) is 22.7. The van der Waals surface area contributed by atoms with E-state index in [0.29, 0.717) is 30.7 Å². The molecule has 1 atom stereocenters. The highest BCUT2D eigenvalue weighted by molar-refractivity contribution is 5.77. The van der Waals surface area contributed by atoms with Crippen molar-refractivity contribution in [2.45, 2.75) is 78.6 Å². The van der Waals surface area contributed by atoms with E-state index >= 15 is 4.39 Å². The first-order chi connectivity index (χ1) is 17.3. The van der Waals surface area contributed by atoms with Gasteiger partial charge in [0.25, 0.3) is 0 Å². The van der Waals surface area contributed by atoms with Gasteiger partial charge < -0.3 is 24.8 Å². The van der Waals surface area contributed by atoms with Crippen molar-refractivity contribution in [1.82, 2.24) is 5.32 Å². The highest BCUT2D eigenvalue weighted by atomic mass is 19.1. The molecule has 2 N–H and O–H groups in total. The number of amides is 1. The van der Waals surface area contributed by atoms with Crippen molar-refractivity contribution in [3.05, 3.63) is 58.9 Å². The highest BCUT2D eigenvalue weighted by Gasteiger charge is 2.28. The number of rotatable bonds is 8. The fourth-order valence-corrected chi connectivity index (χ4v) is 4.18. The third-order valence-electron chi connectivity index (χ3n) is 5.74. The van der Waals surface area contributed by atoms with E-state index in [1.807, 2.05) is 57.2 Å². The minimum absolute atomic E-state index is 0.0595. The smallest absolute Gasteiger partial charge is 0.407 e. The summed E-state index contributed by atoms with van der Waals surface area (Å²) in [6, 6.07) is 11.5. The fourth-order valence-electron chi connectivity index (χ4n) is 4.18. The van der Waals surface area contributed by atoms with Crippen LogP contribution in [0.4, 0.5) is 14.9 Å². The zero-order chi connectivity index (χ0) is 27.2. The number of esters is 1. The van der Waals surface area contributed by atoms with Crippen LogP contribution in [0.3, 0.4) is 0 Å². The van der Waals surface area contributed by atoms with Crippen LogP contribution in [0.25, 0.3) is 0 Å². The van der Waals surface area contributed by atoms with Crippen molar-refractivity contribution in [3.63, 3.8) is 0 Å². The first kappa shape index (κ1) is 28.3. The van der Waals surface area contributed by atoms with Gasteiger partial charge in [-0.2, -0.15) is 0 Å². The number of alkyl carbamates (subject to hydrolysis) is 1. The van der Waals surface area contributed by atoms with Crippen molar-refractivity contribution >= 4 is 17.7 Å². The second kappa shape index (κ2) is 11.8. The molecule has 0 spiro atoms. The number of fused-ring (bicyclic) bond motifs is 1. The van der Waals surface area contributed by atoms with E-state index in [0.717, 1.165) is 17.5 Å². The number of nitrogens with one attached hydrogen (secondary N) is 2. The van der Waals surface area contributed by atoms with E-state index in [1.54, 1.807) is 20.8 Å². The van der Waals surface area contributed by atoms with Crippen LogP contribution in [0.2, 0.25) is 0 Å². The molecule has 0 aromatic heterocycles. The third kappa shape index (κ3) is 8.95. The summed E-state index contributed by atoms with van der Waals surface area (Å²) < 4.78 is 32.6. The Kier molecular flexibility index (Phi) is 9.05. The zero-order valence-electron chi connectivity index (χ0n) is 22.7. The monoisotopic (exact) mass is 514 g/mol. The maximum Gasteiger partial charge on any atom is 0.407 e. The second-order valence-electron chi connectivity index (χ2n) is 11.4. The number of hydrogen-bond donors (Lipinski definition) is 2. The largest absolute Gasteiger partial charge is 0.487 e. The van der Waals surface area contributed by atoms with E-state index in [2.05, 4.69) is 10.6 Å². The van der Waals surface area contributed by atoms with Crippen LogP contribution in [0.5, 0.6) is 5.75 Å². The number of halogens is 1. The predicted octanol–water partition coefficient (Wildman–Crippen LogP) is 5.79. The summed E-state index contributed by atoms with van der Waals surface area (Å²) in [4.78, 5) is 24.4. The van der Waals surface area contributed by atoms with Gasteiger partial charge in [-0.25, -0.2) is 9.18 Å². The van der Waals surface area contributed by atoms with Gasteiger partial charge >= 0.3 is 12.1 Å². The van der Waals surface area contributed by atoms with Crippen molar-refractivity contribution in [3.8, 4) is 5.75 Å². The number of hydrogen-bond acceptors (Lipinski definition) is 6. The standard InChI is InChI=1S/C29H39FN2O5/c1-28(2,3)36-24(33)17-31-26-23(35-18-19-10-8-7-9-11-19)15-21-13-12-20(14-22(21)25(26)30)16-32-27(34)37-29(4,5)6/h7-11,15,20,31H,12-14,16-18H2,1-6H3,(H,32,34). The quantitative estimate of drug-likeness (QED) is 0.434. The molecule has 1 aliphatic rings. The maximum atomic E-state index is 15.9. The molecule has 0 saturated heterocycles. The van der Waals surface area contributed by atoms with Gasteiger partial charge in [-0.05, 0) is 89.5 Å². The molecule has 1 unspecified atom stereocenters. The molecule has 2 aromatic rings. The Hall–Kier alpha value is -3.29. The molecule has 1 aliphatic carbocycles. The van der Waals surface area contributed by atoms with E-state index in [4.69, 9.17) is 14.2 Å². The lowest BCUT2D eigenvalue weighted by Crippen LogP contribution is -2.36. The normalized spacial score (nSPS) is 15.4. The highest BCUT2D eigenvalue weighted by Crippen LogP contribution is 2.38. The molecule has 2 aromatic carbocycles. The van der Waals surface area contributed by atoms with Crippen LogP contribution in [0.15, 0.2) is 36.4 Å². The molecular weight excluding hydrogens is 475 g/mol. The summed E-state index contributed by atoms with van der Waals surface area (Å²) in [6.07, 6.45) is 1.42. The Balaban J connectivity index is 1.78. The third-order valence-corrected chi connectivity index (χ3v) is 5.74. The molecule has 8 heteroatoms. The van der Waals surface area contributed by atoms with Gasteiger partial charge in [0, 0.05) is 6.54 Å². The number of ether oxygens (including phenoxy) is 3. The molecular formula is C29H39FN2O5. The van der Waals surface area contributed by atoms with Crippen LogP contribution in [-0.2, 0) is 33.7 Å². The van der Waals surface area contributed by atoms with Gasteiger partial charge in [0.1, 0.15) is 35.8 Å². The van der Waals surface area contributed by atoms with Gasteiger partial charge in [-0.3, -0.25) is 4.79 Å². The second-order valence-corrected chi connectivity index (χ2v) is 11.4. The molecule has 7 nitrogen and oxygen atoms in total. The minimum Gasteiger partial charge on any atom is -0.487 e. The summed E-state index contributed by atoms with van der Waals surface area (Å²) in [5, 5.41) is 5.72. The van der Waals surface area contributed by atoms with E-state index in [1.165, 1.54) is 0 Å². The molecule has 0 saturated carbocycles. The average Bonchev–Trinajstić information content (AvgIpc) is 2.79. The molecule has 0 fully saturated rings. The van der Waals surface area contributed by atoms with Crippen LogP contribution in [0, 0.1) is 11.7 Å². The molecule has 202 valence electrons. The molecule has 1 amide bonds. The molecule has 0 aliphatic heterocycles. The van der Waals surface area contributed by atoms with Crippen molar-refractivity contribution < 1.29 is 28.2 Å². The maximum absolute atomic E-state index is 15.9. The lowest BCUT2D eigenvalue weighted by molar-refractivity contribution is -0.152. The van der Waals surface area contributed by atoms with Crippen LogP contribution < -0.4 is 15.4 Å². The topological polar surface area (TPSA) is 85.9 Å². The summed E-state index contributed by atoms with van der Waals surface area (Å²) in [5.74, 6) is -0.512. The Bertz CT molecular complexity index is 1090. The Morgan fingerprint density at radius 2 is 1.70 bits per heavy atom. The summed E-state index contributed by atoms with van der Waals surface area (Å²) in [7, 11) is 0.